The molecule has 3 heteroatoms. The molecule has 2 bridgehead atoms. The van der Waals surface area contributed by atoms with E-state index in [1.165, 1.54) is 25.7 Å². The fraction of sp³-hybridized carbons (Fsp3) is 0.900. The van der Waals surface area contributed by atoms with Crippen LogP contribution in [0.15, 0.2) is 12.2 Å². The second-order valence-corrected chi connectivity index (χ2v) is 15.0. The number of ketones is 1. The summed E-state index contributed by atoms with van der Waals surface area (Å²) in [5.74, 6) is 1.95. The van der Waals surface area contributed by atoms with Crippen molar-refractivity contribution in [3.63, 3.8) is 0 Å². The highest BCUT2D eigenvalue weighted by Gasteiger charge is 2.77. The summed E-state index contributed by atoms with van der Waals surface area (Å²) in [4.78, 5) is 12.9. The molecule has 5 aliphatic carbocycles. The standard InChI is InChI=1S/C30H46O3/c1-24(2)20-7-11-27(5)21(26(20,4)10-9-23(24)32)8-12-30-22-17-25(3,18-31)13-15-29(22,19-33-30)16-14-28(27,30)6/h8,12,20-22,31H,7,9-11,13-19H2,1-6H3/t20-,21+,22+,25-,26-,27+,28-,29+,30+/m0/s1. The molecule has 0 amide bonds. The zero-order valence-corrected chi connectivity index (χ0v) is 21.9. The van der Waals surface area contributed by atoms with E-state index >= 15 is 0 Å². The number of carbonyl (C=O) groups excluding carboxylic acids is 1. The lowest BCUT2D eigenvalue weighted by atomic mass is 9.32. The summed E-state index contributed by atoms with van der Waals surface area (Å²) in [6.45, 7) is 15.6. The number of carbonyl (C=O) groups is 1. The summed E-state index contributed by atoms with van der Waals surface area (Å²) in [5, 5.41) is 10.3. The van der Waals surface area contributed by atoms with E-state index in [4.69, 9.17) is 4.74 Å². The van der Waals surface area contributed by atoms with Crippen LogP contribution in [-0.2, 0) is 9.53 Å². The van der Waals surface area contributed by atoms with Gasteiger partial charge in [-0.1, -0.05) is 53.7 Å². The first-order valence-electron chi connectivity index (χ1n) is 13.8. The number of Topliss-reactive ketones (excluding diaryl/α,β-unsaturated/α-hetero) is 1. The van der Waals surface area contributed by atoms with Gasteiger partial charge in [-0.05, 0) is 84.9 Å². The van der Waals surface area contributed by atoms with Crippen molar-refractivity contribution in [1.29, 1.82) is 0 Å². The number of rotatable bonds is 1. The highest BCUT2D eigenvalue weighted by molar-refractivity contribution is 5.85. The van der Waals surface area contributed by atoms with Crippen LogP contribution in [0, 0.1) is 50.2 Å². The van der Waals surface area contributed by atoms with Crippen LogP contribution in [0.4, 0.5) is 0 Å². The maximum absolute atomic E-state index is 12.9. The average molecular weight is 455 g/mol. The van der Waals surface area contributed by atoms with Crippen LogP contribution in [0.3, 0.4) is 0 Å². The molecule has 3 nitrogen and oxygen atoms in total. The summed E-state index contributed by atoms with van der Waals surface area (Å²) >= 11 is 0. The van der Waals surface area contributed by atoms with Gasteiger partial charge in [0.2, 0.25) is 0 Å². The number of fused-ring (bicyclic) bond motifs is 4. The largest absolute Gasteiger partial charge is 0.396 e. The van der Waals surface area contributed by atoms with Crippen molar-refractivity contribution in [3.05, 3.63) is 12.2 Å². The number of hydrogen-bond acceptors (Lipinski definition) is 3. The summed E-state index contributed by atoms with van der Waals surface area (Å²) in [6, 6.07) is 0. The lowest BCUT2D eigenvalue weighted by molar-refractivity contribution is -0.233. The Morgan fingerprint density at radius 3 is 2.42 bits per heavy atom. The topological polar surface area (TPSA) is 46.5 Å². The van der Waals surface area contributed by atoms with Crippen LogP contribution < -0.4 is 0 Å². The molecule has 1 saturated heterocycles. The number of allylic oxidation sites excluding steroid dienone is 1. The number of aliphatic hydroxyl groups is 1. The molecular weight excluding hydrogens is 408 g/mol. The minimum Gasteiger partial charge on any atom is -0.396 e. The third-order valence-corrected chi connectivity index (χ3v) is 13.6. The first-order valence-corrected chi connectivity index (χ1v) is 13.8. The highest BCUT2D eigenvalue weighted by Crippen LogP contribution is 2.78. The van der Waals surface area contributed by atoms with Gasteiger partial charge < -0.3 is 9.84 Å². The third-order valence-electron chi connectivity index (χ3n) is 13.6. The van der Waals surface area contributed by atoms with Gasteiger partial charge in [-0.25, -0.2) is 0 Å². The smallest absolute Gasteiger partial charge is 0.138 e. The van der Waals surface area contributed by atoms with Gasteiger partial charge in [0, 0.05) is 29.8 Å². The van der Waals surface area contributed by atoms with Crippen molar-refractivity contribution in [2.24, 2.45) is 50.2 Å². The summed E-state index contributed by atoms with van der Waals surface area (Å²) < 4.78 is 7.07. The van der Waals surface area contributed by atoms with Gasteiger partial charge in [0.05, 0.1) is 12.2 Å². The molecule has 6 rings (SSSR count). The van der Waals surface area contributed by atoms with E-state index in [2.05, 4.69) is 53.7 Å². The lowest BCUT2D eigenvalue weighted by Gasteiger charge is -2.72. The first-order chi connectivity index (χ1) is 15.3. The molecule has 9 atom stereocenters. The summed E-state index contributed by atoms with van der Waals surface area (Å²) in [7, 11) is 0. The maximum atomic E-state index is 12.9. The average Bonchev–Trinajstić information content (AvgIpc) is 3.01. The first kappa shape index (κ1) is 22.8. The van der Waals surface area contributed by atoms with E-state index < -0.39 is 0 Å². The molecule has 0 aromatic heterocycles. The van der Waals surface area contributed by atoms with Gasteiger partial charge in [0.15, 0.2) is 0 Å². The van der Waals surface area contributed by atoms with Crippen LogP contribution in [0.25, 0.3) is 0 Å². The molecule has 4 saturated carbocycles. The monoisotopic (exact) mass is 454 g/mol. The Morgan fingerprint density at radius 1 is 0.970 bits per heavy atom. The van der Waals surface area contributed by atoms with Gasteiger partial charge in [-0.15, -0.1) is 0 Å². The Bertz CT molecular complexity index is 922. The van der Waals surface area contributed by atoms with Crippen LogP contribution >= 0.6 is 0 Å². The molecule has 6 aliphatic rings. The van der Waals surface area contributed by atoms with Crippen LogP contribution in [0.2, 0.25) is 0 Å². The third kappa shape index (κ3) is 2.38. The molecule has 184 valence electrons. The Kier molecular flexibility index (Phi) is 4.39. The Hall–Kier alpha value is -0.670. The second-order valence-electron chi connectivity index (χ2n) is 15.0. The predicted octanol–water partition coefficient (Wildman–Crippen LogP) is 6.34. The Balaban J connectivity index is 1.48. The molecule has 1 aliphatic heterocycles. The zero-order chi connectivity index (χ0) is 23.7. The fourth-order valence-corrected chi connectivity index (χ4v) is 11.1. The minimum atomic E-state index is -0.212. The number of hydrogen-bond donors (Lipinski definition) is 1. The van der Waals surface area contributed by atoms with Crippen molar-refractivity contribution in [2.75, 3.05) is 13.2 Å². The molecule has 0 radical (unpaired) electrons. The Morgan fingerprint density at radius 2 is 1.70 bits per heavy atom. The molecule has 1 spiro atoms. The molecule has 1 heterocycles. The normalized spacial score (nSPS) is 58.8. The van der Waals surface area contributed by atoms with E-state index in [0.717, 1.165) is 38.7 Å². The van der Waals surface area contributed by atoms with E-state index in [1.54, 1.807) is 0 Å². The SMILES string of the molecule is CC1(C)C(=O)CC[C@]2(C)[C@H]3C=C[C@@]45OC[C@@]6(CC[C@](C)(CO)C[C@H]64)CC[C@@]5(C)[C@]3(C)CC[C@@H]12. The minimum absolute atomic E-state index is 0.0239. The van der Waals surface area contributed by atoms with Crippen LogP contribution in [0.5, 0.6) is 0 Å². The van der Waals surface area contributed by atoms with Gasteiger partial charge in [0.1, 0.15) is 5.78 Å². The molecule has 5 fully saturated rings. The molecule has 0 aromatic carbocycles. The van der Waals surface area contributed by atoms with Crippen molar-refractivity contribution >= 4 is 5.78 Å². The summed E-state index contributed by atoms with van der Waals surface area (Å²) in [6.07, 6.45) is 15.2. The van der Waals surface area contributed by atoms with Crippen molar-refractivity contribution in [2.45, 2.75) is 105 Å². The highest BCUT2D eigenvalue weighted by atomic mass is 16.5. The molecule has 0 aromatic rings. The molecular formula is C30H46O3. The van der Waals surface area contributed by atoms with Crippen molar-refractivity contribution < 1.29 is 14.6 Å². The summed E-state index contributed by atoms with van der Waals surface area (Å²) in [5.41, 5.74) is 0.361. The zero-order valence-electron chi connectivity index (χ0n) is 21.9. The fourth-order valence-electron chi connectivity index (χ4n) is 11.1. The molecule has 0 unspecified atom stereocenters. The lowest BCUT2D eigenvalue weighted by Crippen LogP contribution is -2.70. The Labute approximate surface area is 201 Å². The van der Waals surface area contributed by atoms with Crippen LogP contribution in [0.1, 0.15) is 99.3 Å². The van der Waals surface area contributed by atoms with Crippen molar-refractivity contribution in [3.8, 4) is 0 Å². The predicted molar refractivity (Wildman–Crippen MR) is 131 cm³/mol. The molecule has 1 N–H and O–H groups in total. The van der Waals surface area contributed by atoms with Crippen LogP contribution in [-0.4, -0.2) is 29.7 Å². The van der Waals surface area contributed by atoms with Crippen molar-refractivity contribution in [1.82, 2.24) is 0 Å². The quantitative estimate of drug-likeness (QED) is 0.470. The molecule has 33 heavy (non-hydrogen) atoms. The van der Waals surface area contributed by atoms with E-state index in [1.807, 2.05) is 0 Å². The maximum Gasteiger partial charge on any atom is 0.138 e. The van der Waals surface area contributed by atoms with Gasteiger partial charge in [-0.2, -0.15) is 0 Å². The van der Waals surface area contributed by atoms with E-state index in [-0.39, 0.29) is 32.7 Å². The van der Waals surface area contributed by atoms with E-state index in [0.29, 0.717) is 35.6 Å². The van der Waals surface area contributed by atoms with Gasteiger partial charge >= 0.3 is 0 Å². The van der Waals surface area contributed by atoms with Gasteiger partial charge in [-0.3, -0.25) is 4.79 Å². The number of ether oxygens (including phenoxy) is 1. The van der Waals surface area contributed by atoms with E-state index in [9.17, 15) is 9.90 Å². The van der Waals surface area contributed by atoms with Gasteiger partial charge in [0.25, 0.3) is 0 Å². The second kappa shape index (κ2) is 6.36. The number of aliphatic hydroxyl groups excluding tert-OH is 1.